The number of carbonyl (C=O) groups excluding carboxylic acids is 2. The van der Waals surface area contributed by atoms with Crippen molar-refractivity contribution in [1.29, 1.82) is 0 Å². The number of ether oxygens (including phenoxy) is 6. The topological polar surface area (TPSA) is 359 Å². The van der Waals surface area contributed by atoms with Crippen LogP contribution in [0.4, 0.5) is 0 Å². The van der Waals surface area contributed by atoms with Crippen molar-refractivity contribution in [2.24, 2.45) is 5.73 Å². The van der Waals surface area contributed by atoms with Gasteiger partial charge in [-0.15, -0.1) is 0 Å². The summed E-state index contributed by atoms with van der Waals surface area (Å²) in [5, 5.41) is 109. The first-order chi connectivity index (χ1) is 23.0. The van der Waals surface area contributed by atoms with Crippen molar-refractivity contribution < 1.29 is 93.9 Å². The number of amides is 2. The van der Waals surface area contributed by atoms with Gasteiger partial charge in [-0.1, -0.05) is 0 Å². The van der Waals surface area contributed by atoms with Gasteiger partial charge in [0, 0.05) is 26.8 Å². The summed E-state index contributed by atoms with van der Waals surface area (Å²) >= 11 is 0. The van der Waals surface area contributed by atoms with E-state index in [4.69, 9.17) is 34.2 Å². The highest BCUT2D eigenvalue weighted by atomic mass is 16.8. The number of carbonyl (C=O) groups is 3. The molecule has 3 saturated heterocycles. The summed E-state index contributed by atoms with van der Waals surface area (Å²) in [6, 6.07) is -2.77. The van der Waals surface area contributed by atoms with Gasteiger partial charge < -0.3 is 95.9 Å². The van der Waals surface area contributed by atoms with Crippen LogP contribution in [0.15, 0.2) is 0 Å². The van der Waals surface area contributed by atoms with Crippen molar-refractivity contribution in [3.8, 4) is 0 Å². The Morgan fingerprint density at radius 3 is 2.06 bits per heavy atom. The number of carboxylic acid groups (broad SMARTS) is 1. The molecule has 284 valence electrons. The van der Waals surface area contributed by atoms with Crippen LogP contribution in [0.2, 0.25) is 0 Å². The Balaban J connectivity index is 1.84. The Hall–Kier alpha value is -2.23. The zero-order valence-corrected chi connectivity index (χ0v) is 26.6. The van der Waals surface area contributed by atoms with Gasteiger partial charge in [0.25, 0.3) is 5.79 Å². The average molecular weight is 718 g/mol. The third kappa shape index (κ3) is 9.56. The van der Waals surface area contributed by atoms with E-state index >= 15 is 0 Å². The molecule has 0 aliphatic carbocycles. The van der Waals surface area contributed by atoms with Crippen molar-refractivity contribution in [2.45, 2.75) is 118 Å². The fourth-order valence-corrected chi connectivity index (χ4v) is 5.77. The Morgan fingerprint density at radius 1 is 0.898 bits per heavy atom. The summed E-state index contributed by atoms with van der Waals surface area (Å²) < 4.78 is 33.4. The van der Waals surface area contributed by atoms with Gasteiger partial charge in [0.05, 0.1) is 38.6 Å². The molecule has 22 heteroatoms. The number of aliphatic hydroxyl groups is 9. The minimum absolute atomic E-state index is 0.0488. The number of rotatable bonds is 15. The first-order valence-electron chi connectivity index (χ1n) is 15.4. The van der Waals surface area contributed by atoms with Crippen LogP contribution in [0, 0.1) is 0 Å². The first-order valence-corrected chi connectivity index (χ1v) is 15.4. The molecule has 0 aromatic heterocycles. The van der Waals surface area contributed by atoms with Gasteiger partial charge in [0.15, 0.2) is 12.6 Å². The lowest BCUT2D eigenvalue weighted by Gasteiger charge is -2.48. The van der Waals surface area contributed by atoms with Crippen molar-refractivity contribution in [3.05, 3.63) is 0 Å². The quantitative estimate of drug-likeness (QED) is 0.0748. The highest BCUT2D eigenvalue weighted by Crippen LogP contribution is 2.35. The Morgan fingerprint density at radius 2 is 1.51 bits per heavy atom. The molecule has 3 aliphatic heterocycles. The summed E-state index contributed by atoms with van der Waals surface area (Å²) in [7, 11) is 0. The minimum atomic E-state index is -2.84. The second-order valence-electron chi connectivity index (χ2n) is 11.9. The molecule has 3 fully saturated rings. The molecule has 0 bridgehead atoms. The van der Waals surface area contributed by atoms with E-state index in [9.17, 15) is 65.4 Å². The van der Waals surface area contributed by atoms with Crippen LogP contribution in [0.5, 0.6) is 0 Å². The van der Waals surface area contributed by atoms with Crippen molar-refractivity contribution >= 4 is 17.8 Å². The highest BCUT2D eigenvalue weighted by Gasteiger charge is 2.57. The van der Waals surface area contributed by atoms with Crippen molar-refractivity contribution in [3.63, 3.8) is 0 Å². The molecule has 0 aromatic carbocycles. The number of carboxylic acids is 1. The molecule has 3 aliphatic rings. The van der Waals surface area contributed by atoms with Crippen LogP contribution < -0.4 is 16.4 Å². The van der Waals surface area contributed by atoms with E-state index in [0.29, 0.717) is 0 Å². The van der Waals surface area contributed by atoms with E-state index < -0.39 is 142 Å². The van der Waals surface area contributed by atoms with Crippen LogP contribution in [-0.2, 0) is 42.8 Å². The van der Waals surface area contributed by atoms with E-state index in [2.05, 4.69) is 10.6 Å². The Kier molecular flexibility index (Phi) is 15.0. The second kappa shape index (κ2) is 17.8. The van der Waals surface area contributed by atoms with Gasteiger partial charge in [0.1, 0.15) is 67.1 Å². The molecule has 0 aromatic rings. The second-order valence-corrected chi connectivity index (χ2v) is 11.9. The predicted molar refractivity (Wildman–Crippen MR) is 154 cm³/mol. The predicted octanol–water partition coefficient (Wildman–Crippen LogP) is -8.10. The summed E-state index contributed by atoms with van der Waals surface area (Å²) in [5.41, 5.74) is 5.46. The van der Waals surface area contributed by atoms with Crippen LogP contribution in [0.25, 0.3) is 0 Å². The molecule has 14 N–H and O–H groups in total. The molecule has 15 unspecified atom stereocenters. The fourth-order valence-electron chi connectivity index (χ4n) is 5.77. The number of nitrogens with two attached hydrogens (primary N) is 1. The van der Waals surface area contributed by atoms with Crippen LogP contribution in [0.1, 0.15) is 20.3 Å². The molecule has 0 saturated carbocycles. The highest BCUT2D eigenvalue weighted by molar-refractivity contribution is 5.76. The number of aliphatic hydroxyl groups excluding tert-OH is 9. The van der Waals surface area contributed by atoms with Gasteiger partial charge in [-0.25, -0.2) is 4.79 Å². The van der Waals surface area contributed by atoms with Gasteiger partial charge in [-0.3, -0.25) is 9.59 Å². The standard InChI is InChI=1S/C27H47N3O19/c1-9(33)29-15-11(35)5-27(26(42)43,49-23(15)17(37)12(36)6-31)45-8-14-18(38)20(40)21(41)25(47-14)48-22-13(7-32)46-24(44-4-3-28)16(19(22)39)30-10(2)34/h11-25,31-32,35-41H,3-8,28H2,1-2H3,(H,29,33)(H,30,34)(H,42,43)/t11?,12?,13?,14?,15?,16?,17?,18?,19?,20?,21?,22?,23?,24?,25?,27-/m1/s1. The van der Waals surface area contributed by atoms with E-state index in [1.54, 1.807) is 0 Å². The number of aliphatic carboxylic acids is 1. The molecule has 0 spiro atoms. The summed E-state index contributed by atoms with van der Waals surface area (Å²) in [4.78, 5) is 36.1. The van der Waals surface area contributed by atoms with Gasteiger partial charge in [0.2, 0.25) is 11.8 Å². The monoisotopic (exact) mass is 717 g/mol. The van der Waals surface area contributed by atoms with E-state index in [-0.39, 0.29) is 13.2 Å². The molecule has 3 heterocycles. The summed E-state index contributed by atoms with van der Waals surface area (Å²) in [6.07, 6.45) is -24.1. The third-order valence-electron chi connectivity index (χ3n) is 8.25. The van der Waals surface area contributed by atoms with E-state index in [0.717, 1.165) is 13.8 Å². The lowest BCUT2D eigenvalue weighted by atomic mass is 9.88. The largest absolute Gasteiger partial charge is 0.477 e. The number of nitrogens with one attached hydrogen (secondary N) is 2. The maximum Gasteiger partial charge on any atom is 0.364 e. The molecule has 3 rings (SSSR count). The maximum absolute atomic E-state index is 12.5. The number of hydrogen-bond acceptors (Lipinski definition) is 19. The zero-order chi connectivity index (χ0) is 36.8. The SMILES string of the molecule is CC(=O)NC1C(OCCN)OC(CO)C(OC2OC(CO[C@]3(C(=O)O)CC(O)C(NC(C)=O)C(C(O)C(O)CO)O3)C(O)C(O)C2O)C1O. The Labute approximate surface area is 279 Å². The minimum Gasteiger partial charge on any atom is -0.477 e. The van der Waals surface area contributed by atoms with Gasteiger partial charge in [-0.2, -0.15) is 0 Å². The fraction of sp³-hybridized carbons (Fsp3) is 0.889. The first kappa shape index (κ1) is 41.2. The van der Waals surface area contributed by atoms with Crippen molar-refractivity contribution in [2.75, 3.05) is 33.0 Å². The molecule has 2 amide bonds. The van der Waals surface area contributed by atoms with Gasteiger partial charge in [-0.05, 0) is 0 Å². The Bertz CT molecular complexity index is 1110. The molecule has 49 heavy (non-hydrogen) atoms. The molecule has 22 nitrogen and oxygen atoms in total. The number of hydrogen-bond donors (Lipinski definition) is 13. The van der Waals surface area contributed by atoms with E-state index in [1.165, 1.54) is 0 Å². The van der Waals surface area contributed by atoms with Crippen LogP contribution >= 0.6 is 0 Å². The van der Waals surface area contributed by atoms with Gasteiger partial charge >= 0.3 is 5.97 Å². The smallest absolute Gasteiger partial charge is 0.364 e. The van der Waals surface area contributed by atoms with Crippen LogP contribution in [0.3, 0.4) is 0 Å². The summed E-state index contributed by atoms with van der Waals surface area (Å²) in [6.45, 7) is -0.558. The zero-order valence-electron chi connectivity index (χ0n) is 26.6. The van der Waals surface area contributed by atoms with Crippen LogP contribution in [-0.4, -0.2) is 199 Å². The molecule has 16 atom stereocenters. The van der Waals surface area contributed by atoms with Crippen molar-refractivity contribution in [1.82, 2.24) is 10.6 Å². The lowest BCUT2D eigenvalue weighted by Crippen LogP contribution is -2.69. The molecular weight excluding hydrogens is 670 g/mol. The molecular formula is C27H47N3O19. The third-order valence-corrected chi connectivity index (χ3v) is 8.25. The lowest BCUT2D eigenvalue weighted by molar-refractivity contribution is -0.360. The maximum atomic E-state index is 12.5. The average Bonchev–Trinajstić information content (AvgIpc) is 3.05. The molecule has 0 radical (unpaired) electrons. The normalized spacial score (nSPS) is 41.0. The van der Waals surface area contributed by atoms with E-state index in [1.807, 2.05) is 0 Å². The summed E-state index contributed by atoms with van der Waals surface area (Å²) in [5.74, 6) is -6.03.